The summed E-state index contributed by atoms with van der Waals surface area (Å²) in [5.74, 6) is 2.03. The van der Waals surface area contributed by atoms with Crippen molar-refractivity contribution in [3.8, 4) is 22.9 Å². The lowest BCUT2D eigenvalue weighted by molar-refractivity contribution is 0.297. The molecule has 5 nitrogen and oxygen atoms in total. The first kappa shape index (κ1) is 21.0. The molecule has 2 heterocycles. The summed E-state index contributed by atoms with van der Waals surface area (Å²) >= 11 is 1.55. The Morgan fingerprint density at radius 2 is 1.70 bits per heavy atom. The van der Waals surface area contributed by atoms with Crippen LogP contribution in [-0.4, -0.2) is 17.1 Å². The molecule has 0 aliphatic rings. The predicted octanol–water partition coefficient (Wildman–Crippen LogP) is 5.83. The first-order chi connectivity index (χ1) is 16.2. The number of para-hydroxylation sites is 1. The average Bonchev–Trinajstić information content (AvgIpc) is 3.27. The third kappa shape index (κ3) is 4.66. The van der Waals surface area contributed by atoms with Gasteiger partial charge in [-0.1, -0.05) is 48.5 Å². The molecular weight excluding hydrogens is 432 g/mol. The molecule has 0 saturated carbocycles. The Morgan fingerprint density at radius 3 is 2.45 bits per heavy atom. The fraction of sp³-hybridized carbons (Fsp3) is 0.111. The van der Waals surface area contributed by atoms with Crippen LogP contribution in [-0.2, 0) is 13.0 Å². The van der Waals surface area contributed by atoms with Gasteiger partial charge < -0.3 is 14.5 Å². The minimum absolute atomic E-state index is 0.136. The highest BCUT2D eigenvalue weighted by molar-refractivity contribution is 7.18. The Bertz CT molecular complexity index is 1440. The van der Waals surface area contributed by atoms with Crippen molar-refractivity contribution in [3.63, 3.8) is 0 Å². The van der Waals surface area contributed by atoms with Gasteiger partial charge in [-0.3, -0.25) is 4.79 Å². The van der Waals surface area contributed by atoms with Crippen LogP contribution < -0.4 is 15.0 Å². The predicted molar refractivity (Wildman–Crippen MR) is 132 cm³/mol. The van der Waals surface area contributed by atoms with E-state index in [-0.39, 0.29) is 5.56 Å². The van der Waals surface area contributed by atoms with Crippen LogP contribution in [0.15, 0.2) is 89.7 Å². The minimum atomic E-state index is -0.136. The number of fused-ring (bicyclic) bond motifs is 1. The summed E-state index contributed by atoms with van der Waals surface area (Å²) in [4.78, 5) is 22.4. The van der Waals surface area contributed by atoms with Crippen LogP contribution >= 0.6 is 11.3 Å². The van der Waals surface area contributed by atoms with Gasteiger partial charge in [0.25, 0.3) is 5.56 Å². The number of methoxy groups -OCH3 is 1. The van der Waals surface area contributed by atoms with E-state index in [1.165, 1.54) is 5.56 Å². The summed E-state index contributed by atoms with van der Waals surface area (Å²) in [6.45, 7) is 0.341. The van der Waals surface area contributed by atoms with Crippen LogP contribution in [0.4, 0.5) is 0 Å². The Balaban J connectivity index is 1.46. The zero-order valence-electron chi connectivity index (χ0n) is 18.1. The molecule has 0 atom stereocenters. The lowest BCUT2D eigenvalue weighted by atomic mass is 10.1. The monoisotopic (exact) mass is 454 g/mol. The van der Waals surface area contributed by atoms with Gasteiger partial charge in [0.05, 0.1) is 12.5 Å². The van der Waals surface area contributed by atoms with Gasteiger partial charge in [0.1, 0.15) is 28.8 Å². The highest BCUT2D eigenvalue weighted by atomic mass is 32.1. The molecule has 0 amide bonds. The number of hydrogen-bond donors (Lipinski definition) is 1. The quantitative estimate of drug-likeness (QED) is 0.336. The number of aromatic nitrogens is 2. The third-order valence-corrected chi connectivity index (χ3v) is 6.39. The topological polar surface area (TPSA) is 64.2 Å². The number of nitrogens with zero attached hydrogens (tertiary/aromatic N) is 1. The van der Waals surface area contributed by atoms with Gasteiger partial charge in [-0.15, -0.1) is 11.3 Å². The summed E-state index contributed by atoms with van der Waals surface area (Å²) in [5, 5.41) is 0.621. The summed E-state index contributed by atoms with van der Waals surface area (Å²) in [6, 6.07) is 27.5. The van der Waals surface area contributed by atoms with Crippen molar-refractivity contribution < 1.29 is 9.47 Å². The third-order valence-electron chi connectivity index (χ3n) is 5.37. The molecule has 2 aromatic heterocycles. The molecule has 0 fully saturated rings. The van der Waals surface area contributed by atoms with Crippen molar-refractivity contribution in [2.45, 2.75) is 13.0 Å². The summed E-state index contributed by atoms with van der Waals surface area (Å²) in [7, 11) is 1.63. The first-order valence-electron chi connectivity index (χ1n) is 10.6. The van der Waals surface area contributed by atoms with Crippen molar-refractivity contribution >= 4 is 21.6 Å². The maximum absolute atomic E-state index is 12.8. The van der Waals surface area contributed by atoms with E-state index < -0.39 is 0 Å². The molecule has 0 unspecified atom stereocenters. The second kappa shape index (κ2) is 9.30. The van der Waals surface area contributed by atoms with Crippen LogP contribution in [0.25, 0.3) is 21.6 Å². The zero-order valence-corrected chi connectivity index (χ0v) is 18.9. The Hall–Kier alpha value is -3.90. The number of rotatable bonds is 7. The fourth-order valence-electron chi connectivity index (χ4n) is 3.72. The molecule has 0 aliphatic carbocycles. The van der Waals surface area contributed by atoms with Crippen molar-refractivity contribution in [2.24, 2.45) is 0 Å². The molecule has 164 valence electrons. The van der Waals surface area contributed by atoms with E-state index in [9.17, 15) is 4.79 Å². The van der Waals surface area contributed by atoms with E-state index in [4.69, 9.17) is 14.5 Å². The molecule has 0 bridgehead atoms. The van der Waals surface area contributed by atoms with Gasteiger partial charge >= 0.3 is 0 Å². The lowest BCUT2D eigenvalue weighted by Gasteiger charge is -2.12. The standard InChI is InChI=1S/C27H22N2O3S/c1-31-24-13-12-19(15-20(24)17-32-21-10-6-3-7-11-21)25-28-26(30)23-16-22(33-27(23)29-25)14-18-8-4-2-5-9-18/h2-13,15-16H,14,17H2,1H3,(H,28,29,30). The number of aromatic amines is 1. The molecule has 0 aliphatic heterocycles. The minimum Gasteiger partial charge on any atom is -0.496 e. The molecule has 3 aromatic carbocycles. The normalized spacial score (nSPS) is 10.9. The smallest absolute Gasteiger partial charge is 0.259 e. The average molecular weight is 455 g/mol. The summed E-state index contributed by atoms with van der Waals surface area (Å²) < 4.78 is 11.4. The van der Waals surface area contributed by atoms with Crippen molar-refractivity contribution in [3.05, 3.63) is 111 Å². The zero-order chi connectivity index (χ0) is 22.6. The summed E-state index contributed by atoms with van der Waals surface area (Å²) in [6.07, 6.45) is 0.778. The van der Waals surface area contributed by atoms with Gasteiger partial charge in [0.2, 0.25) is 0 Å². The van der Waals surface area contributed by atoms with E-state index in [2.05, 4.69) is 17.1 Å². The first-order valence-corrected chi connectivity index (χ1v) is 11.4. The van der Waals surface area contributed by atoms with E-state index in [1.807, 2.05) is 72.8 Å². The molecule has 5 rings (SSSR count). The Labute approximate surface area is 195 Å². The molecule has 0 saturated heterocycles. The van der Waals surface area contributed by atoms with E-state index in [1.54, 1.807) is 18.4 Å². The largest absolute Gasteiger partial charge is 0.496 e. The van der Waals surface area contributed by atoms with Crippen molar-refractivity contribution in [1.29, 1.82) is 0 Å². The van der Waals surface area contributed by atoms with Gasteiger partial charge in [-0.25, -0.2) is 4.98 Å². The Kier molecular flexibility index (Phi) is 5.91. The van der Waals surface area contributed by atoms with Gasteiger partial charge in [0, 0.05) is 22.4 Å². The van der Waals surface area contributed by atoms with Crippen molar-refractivity contribution in [1.82, 2.24) is 9.97 Å². The summed E-state index contributed by atoms with van der Waals surface area (Å²) in [5.41, 5.74) is 2.75. The molecule has 1 N–H and O–H groups in total. The van der Waals surface area contributed by atoms with Crippen molar-refractivity contribution in [2.75, 3.05) is 7.11 Å². The second-order valence-corrected chi connectivity index (χ2v) is 8.75. The van der Waals surface area contributed by atoms with Crippen LogP contribution in [0.3, 0.4) is 0 Å². The van der Waals surface area contributed by atoms with E-state index in [0.717, 1.165) is 38.8 Å². The fourth-order valence-corrected chi connectivity index (χ4v) is 4.78. The second-order valence-electron chi connectivity index (χ2n) is 7.64. The van der Waals surface area contributed by atoms with Gasteiger partial charge in [-0.2, -0.15) is 0 Å². The molecular formula is C27H22N2O3S. The van der Waals surface area contributed by atoms with Crippen LogP contribution in [0.1, 0.15) is 16.0 Å². The number of nitrogens with one attached hydrogen (secondary N) is 1. The van der Waals surface area contributed by atoms with Crippen LogP contribution in [0.5, 0.6) is 11.5 Å². The number of hydrogen-bond acceptors (Lipinski definition) is 5. The van der Waals surface area contributed by atoms with Crippen LogP contribution in [0, 0.1) is 0 Å². The maximum Gasteiger partial charge on any atom is 0.259 e. The van der Waals surface area contributed by atoms with Gasteiger partial charge in [-0.05, 0) is 42.0 Å². The van der Waals surface area contributed by atoms with E-state index >= 15 is 0 Å². The number of ether oxygens (including phenoxy) is 2. The Morgan fingerprint density at radius 1 is 0.939 bits per heavy atom. The molecule has 6 heteroatoms. The lowest BCUT2D eigenvalue weighted by Crippen LogP contribution is -2.08. The number of thiophene rings is 1. The maximum atomic E-state index is 12.8. The molecule has 0 radical (unpaired) electrons. The van der Waals surface area contributed by atoms with Crippen LogP contribution in [0.2, 0.25) is 0 Å². The van der Waals surface area contributed by atoms with Gasteiger partial charge in [0.15, 0.2) is 0 Å². The SMILES string of the molecule is COc1ccc(-c2nc3sc(Cc4ccccc4)cc3c(=O)[nH]2)cc1COc1ccccc1. The highest BCUT2D eigenvalue weighted by Crippen LogP contribution is 2.29. The highest BCUT2D eigenvalue weighted by Gasteiger charge is 2.13. The molecule has 0 spiro atoms. The molecule has 5 aromatic rings. The van der Waals surface area contributed by atoms with E-state index in [0.29, 0.717) is 17.8 Å². The number of H-pyrrole nitrogens is 1. The number of benzene rings is 3. The molecule has 33 heavy (non-hydrogen) atoms.